The highest BCUT2D eigenvalue weighted by molar-refractivity contribution is 14.1. The maximum Gasteiger partial charge on any atom is 0.0440 e. The van der Waals surface area contributed by atoms with Crippen LogP contribution < -0.4 is 5.73 Å². The third kappa shape index (κ3) is 2.96. The second kappa shape index (κ2) is 5.98. The fraction of sp³-hybridized carbons (Fsp3) is 0.538. The summed E-state index contributed by atoms with van der Waals surface area (Å²) in [5.41, 5.74) is 7.28. The number of halogens is 1. The molecular formula is C13H20INO. The summed E-state index contributed by atoms with van der Waals surface area (Å²) in [6.07, 6.45) is 1.63. The average molecular weight is 333 g/mol. The molecule has 0 aliphatic rings. The highest BCUT2D eigenvalue weighted by Crippen LogP contribution is 2.32. The van der Waals surface area contributed by atoms with Gasteiger partial charge in [-0.05, 0) is 53.1 Å². The number of benzene rings is 1. The van der Waals surface area contributed by atoms with Gasteiger partial charge in [0.1, 0.15) is 0 Å². The maximum absolute atomic E-state index is 9.21. The zero-order valence-electron chi connectivity index (χ0n) is 9.91. The average Bonchev–Trinajstić information content (AvgIpc) is 2.29. The lowest BCUT2D eigenvalue weighted by molar-refractivity contribution is 0.223. The van der Waals surface area contributed by atoms with Crippen LogP contribution in [0.4, 0.5) is 0 Å². The highest BCUT2D eigenvalue weighted by Gasteiger charge is 2.31. The first-order chi connectivity index (χ1) is 7.54. The van der Waals surface area contributed by atoms with E-state index in [0.29, 0.717) is 6.42 Å². The van der Waals surface area contributed by atoms with E-state index in [1.807, 2.05) is 0 Å². The Morgan fingerprint density at radius 2 is 1.94 bits per heavy atom. The molecule has 90 valence electrons. The van der Waals surface area contributed by atoms with Crippen molar-refractivity contribution in [3.05, 3.63) is 33.4 Å². The minimum atomic E-state index is -0.131. The number of rotatable bonds is 5. The van der Waals surface area contributed by atoms with Crippen LogP contribution in [-0.2, 0) is 5.41 Å². The molecule has 2 nitrogen and oxygen atoms in total. The van der Waals surface area contributed by atoms with Crippen LogP contribution in [0.3, 0.4) is 0 Å². The number of hydrogen-bond acceptors (Lipinski definition) is 2. The Labute approximate surface area is 111 Å². The number of aliphatic hydroxyl groups is 1. The standard InChI is InChI=1S/C13H20INO/c1-3-12(15)13(2,8-9-16)10-4-6-11(14)7-5-10/h4-7,12,16H,3,8-9,15H2,1-2H3. The van der Waals surface area contributed by atoms with E-state index in [1.165, 1.54) is 9.13 Å². The van der Waals surface area contributed by atoms with Gasteiger partial charge in [-0.3, -0.25) is 0 Å². The topological polar surface area (TPSA) is 46.2 Å². The van der Waals surface area contributed by atoms with Crippen LogP contribution in [0, 0.1) is 3.57 Å². The van der Waals surface area contributed by atoms with E-state index in [1.54, 1.807) is 0 Å². The molecule has 3 N–H and O–H groups in total. The molecule has 0 spiro atoms. The van der Waals surface area contributed by atoms with Gasteiger partial charge < -0.3 is 10.8 Å². The molecule has 1 aromatic carbocycles. The molecule has 16 heavy (non-hydrogen) atoms. The number of nitrogens with two attached hydrogens (primary N) is 1. The molecule has 0 aliphatic heterocycles. The molecule has 0 fully saturated rings. The molecule has 0 radical (unpaired) electrons. The maximum atomic E-state index is 9.21. The van der Waals surface area contributed by atoms with Gasteiger partial charge in [-0.2, -0.15) is 0 Å². The van der Waals surface area contributed by atoms with E-state index in [-0.39, 0.29) is 18.1 Å². The molecule has 0 saturated heterocycles. The Morgan fingerprint density at radius 3 is 2.38 bits per heavy atom. The third-order valence-corrected chi connectivity index (χ3v) is 4.11. The monoisotopic (exact) mass is 333 g/mol. The van der Waals surface area contributed by atoms with Crippen LogP contribution in [0.15, 0.2) is 24.3 Å². The first-order valence-corrected chi connectivity index (χ1v) is 6.75. The van der Waals surface area contributed by atoms with E-state index < -0.39 is 0 Å². The minimum absolute atomic E-state index is 0.0831. The fourth-order valence-corrected chi connectivity index (χ4v) is 2.42. The van der Waals surface area contributed by atoms with E-state index in [2.05, 4.69) is 60.7 Å². The first-order valence-electron chi connectivity index (χ1n) is 5.67. The van der Waals surface area contributed by atoms with Gasteiger partial charge in [-0.25, -0.2) is 0 Å². The van der Waals surface area contributed by atoms with Crippen molar-refractivity contribution in [2.75, 3.05) is 6.61 Å². The second-order valence-electron chi connectivity index (χ2n) is 4.41. The van der Waals surface area contributed by atoms with Gasteiger partial charge in [-0.15, -0.1) is 0 Å². The predicted octanol–water partition coefficient (Wildman–Crippen LogP) is 2.67. The van der Waals surface area contributed by atoms with E-state index in [0.717, 1.165) is 6.42 Å². The smallest absolute Gasteiger partial charge is 0.0440 e. The second-order valence-corrected chi connectivity index (χ2v) is 5.66. The van der Waals surface area contributed by atoms with Crippen molar-refractivity contribution < 1.29 is 5.11 Å². The Balaban J connectivity index is 3.05. The minimum Gasteiger partial charge on any atom is -0.396 e. The van der Waals surface area contributed by atoms with Crippen LogP contribution in [0.1, 0.15) is 32.3 Å². The zero-order valence-corrected chi connectivity index (χ0v) is 12.1. The molecule has 1 rings (SSSR count). The van der Waals surface area contributed by atoms with Crippen molar-refractivity contribution >= 4 is 22.6 Å². The van der Waals surface area contributed by atoms with Gasteiger partial charge in [0.2, 0.25) is 0 Å². The Kier molecular flexibility index (Phi) is 5.21. The van der Waals surface area contributed by atoms with Crippen molar-refractivity contribution in [3.63, 3.8) is 0 Å². The molecule has 0 aliphatic carbocycles. The Morgan fingerprint density at radius 1 is 1.38 bits per heavy atom. The molecule has 1 aromatic rings. The molecular weight excluding hydrogens is 313 g/mol. The largest absolute Gasteiger partial charge is 0.396 e. The Bertz CT molecular complexity index is 325. The summed E-state index contributed by atoms with van der Waals surface area (Å²) in [5, 5.41) is 9.21. The van der Waals surface area contributed by atoms with Gasteiger partial charge in [-0.1, -0.05) is 26.0 Å². The van der Waals surface area contributed by atoms with Crippen molar-refractivity contribution in [2.45, 2.75) is 38.1 Å². The van der Waals surface area contributed by atoms with Crippen molar-refractivity contribution in [1.29, 1.82) is 0 Å². The number of aliphatic hydroxyl groups excluding tert-OH is 1. The molecule has 0 heterocycles. The summed E-state index contributed by atoms with van der Waals surface area (Å²) < 4.78 is 1.22. The lowest BCUT2D eigenvalue weighted by atomic mass is 9.73. The lowest BCUT2D eigenvalue weighted by Crippen LogP contribution is -2.43. The Hall–Kier alpha value is -0.130. The van der Waals surface area contributed by atoms with Gasteiger partial charge >= 0.3 is 0 Å². The first kappa shape index (κ1) is 13.9. The summed E-state index contributed by atoms with van der Waals surface area (Å²) >= 11 is 2.29. The van der Waals surface area contributed by atoms with Gasteiger partial charge in [0.25, 0.3) is 0 Å². The van der Waals surface area contributed by atoms with E-state index >= 15 is 0 Å². The summed E-state index contributed by atoms with van der Waals surface area (Å²) in [4.78, 5) is 0. The summed E-state index contributed by atoms with van der Waals surface area (Å²) in [7, 11) is 0. The lowest BCUT2D eigenvalue weighted by Gasteiger charge is -2.35. The summed E-state index contributed by atoms with van der Waals surface area (Å²) in [5.74, 6) is 0. The SMILES string of the molecule is CCC(N)C(C)(CCO)c1ccc(I)cc1. The van der Waals surface area contributed by atoms with Crippen molar-refractivity contribution in [2.24, 2.45) is 5.73 Å². The molecule has 2 atom stereocenters. The molecule has 2 unspecified atom stereocenters. The van der Waals surface area contributed by atoms with Crippen molar-refractivity contribution in [3.8, 4) is 0 Å². The molecule has 3 heteroatoms. The number of hydrogen-bond donors (Lipinski definition) is 2. The van der Waals surface area contributed by atoms with Gasteiger partial charge in [0, 0.05) is 21.6 Å². The highest BCUT2D eigenvalue weighted by atomic mass is 127. The van der Waals surface area contributed by atoms with Crippen LogP contribution in [0.5, 0.6) is 0 Å². The normalized spacial score (nSPS) is 16.8. The van der Waals surface area contributed by atoms with Crippen LogP contribution in [0.2, 0.25) is 0 Å². The summed E-state index contributed by atoms with van der Waals surface area (Å²) in [6, 6.07) is 8.50. The van der Waals surface area contributed by atoms with Crippen LogP contribution >= 0.6 is 22.6 Å². The van der Waals surface area contributed by atoms with Gasteiger partial charge in [0.05, 0.1) is 0 Å². The van der Waals surface area contributed by atoms with Crippen LogP contribution in [-0.4, -0.2) is 17.8 Å². The molecule has 0 amide bonds. The fourth-order valence-electron chi connectivity index (χ4n) is 2.06. The molecule has 0 aromatic heterocycles. The zero-order chi connectivity index (χ0) is 12.2. The molecule has 0 bridgehead atoms. The quantitative estimate of drug-likeness (QED) is 0.814. The third-order valence-electron chi connectivity index (χ3n) is 3.39. The van der Waals surface area contributed by atoms with E-state index in [4.69, 9.17) is 5.73 Å². The van der Waals surface area contributed by atoms with Gasteiger partial charge in [0.15, 0.2) is 0 Å². The van der Waals surface area contributed by atoms with Crippen LogP contribution in [0.25, 0.3) is 0 Å². The van der Waals surface area contributed by atoms with E-state index in [9.17, 15) is 5.11 Å². The van der Waals surface area contributed by atoms with Crippen molar-refractivity contribution in [1.82, 2.24) is 0 Å². The summed E-state index contributed by atoms with van der Waals surface area (Å²) in [6.45, 7) is 4.41. The molecule has 0 saturated carbocycles. The predicted molar refractivity (Wildman–Crippen MR) is 76.5 cm³/mol.